The van der Waals surface area contributed by atoms with Crippen LogP contribution < -0.4 is 5.73 Å². The summed E-state index contributed by atoms with van der Waals surface area (Å²) in [6.07, 6.45) is 2.43. The molecule has 1 aromatic rings. The van der Waals surface area contributed by atoms with Crippen LogP contribution in [0.2, 0.25) is 5.02 Å². The molecular formula is C13H16ClN3. The first-order valence-electron chi connectivity index (χ1n) is 5.96. The second-order valence-electron chi connectivity index (χ2n) is 5.06. The fraction of sp³-hybridized carbons (Fsp3) is 0.462. The van der Waals surface area contributed by atoms with E-state index in [1.165, 1.54) is 18.4 Å². The molecule has 1 fully saturated rings. The molecule has 0 aromatic heterocycles. The van der Waals surface area contributed by atoms with Gasteiger partial charge >= 0.3 is 0 Å². The van der Waals surface area contributed by atoms with Gasteiger partial charge < -0.3 is 10.6 Å². The molecule has 2 aliphatic rings. The second kappa shape index (κ2) is 3.64. The largest absolute Gasteiger partial charge is 0.370 e. The molecule has 0 spiro atoms. The number of rotatable bonds is 2. The van der Waals surface area contributed by atoms with Crippen LogP contribution in [0.25, 0.3) is 0 Å². The summed E-state index contributed by atoms with van der Waals surface area (Å²) >= 11 is 6.08. The number of hydrogen-bond donors (Lipinski definition) is 1. The summed E-state index contributed by atoms with van der Waals surface area (Å²) in [4.78, 5) is 6.68. The summed E-state index contributed by atoms with van der Waals surface area (Å²) in [5.41, 5.74) is 7.08. The lowest BCUT2D eigenvalue weighted by Crippen LogP contribution is -2.48. The van der Waals surface area contributed by atoms with Crippen molar-refractivity contribution in [2.24, 2.45) is 10.7 Å². The summed E-state index contributed by atoms with van der Waals surface area (Å²) < 4.78 is 0. The summed E-state index contributed by atoms with van der Waals surface area (Å²) in [6, 6.07) is 8.57. The standard InChI is InChI=1S/C13H16ClN3/c1-13(9-3-2-4-10(14)7-9)8-16-12(15)17(13)11-5-6-11/h2-4,7,11H,5-6,8H2,1H3,(H2,15,16). The summed E-state index contributed by atoms with van der Waals surface area (Å²) in [7, 11) is 0. The van der Waals surface area contributed by atoms with Crippen LogP contribution in [0.1, 0.15) is 25.3 Å². The van der Waals surface area contributed by atoms with E-state index in [4.69, 9.17) is 17.3 Å². The maximum absolute atomic E-state index is 6.08. The zero-order valence-corrected chi connectivity index (χ0v) is 10.6. The van der Waals surface area contributed by atoms with E-state index in [2.05, 4.69) is 22.9 Å². The van der Waals surface area contributed by atoms with Gasteiger partial charge in [-0.2, -0.15) is 0 Å². The molecule has 1 aliphatic heterocycles. The Hall–Kier alpha value is -1.22. The predicted octanol–water partition coefficient (Wildman–Crippen LogP) is 2.35. The number of benzene rings is 1. The summed E-state index contributed by atoms with van der Waals surface area (Å²) in [5, 5.41) is 0.768. The van der Waals surface area contributed by atoms with E-state index >= 15 is 0 Å². The van der Waals surface area contributed by atoms with Gasteiger partial charge in [0, 0.05) is 11.1 Å². The number of hydrogen-bond acceptors (Lipinski definition) is 3. The molecule has 0 saturated heterocycles. The number of aliphatic imine (C=N–C) groups is 1. The molecule has 1 unspecified atom stereocenters. The molecule has 4 heteroatoms. The van der Waals surface area contributed by atoms with Gasteiger partial charge in [-0.15, -0.1) is 0 Å². The van der Waals surface area contributed by atoms with Crippen LogP contribution in [0, 0.1) is 0 Å². The third kappa shape index (κ3) is 1.69. The van der Waals surface area contributed by atoms with Crippen molar-refractivity contribution in [3.05, 3.63) is 34.9 Å². The lowest BCUT2D eigenvalue weighted by molar-refractivity contribution is 0.216. The van der Waals surface area contributed by atoms with Gasteiger partial charge in [0.15, 0.2) is 5.96 Å². The van der Waals surface area contributed by atoms with Crippen molar-refractivity contribution >= 4 is 17.6 Å². The predicted molar refractivity (Wildman–Crippen MR) is 70.2 cm³/mol. The molecule has 1 atom stereocenters. The number of nitrogens with zero attached hydrogens (tertiary/aromatic N) is 2. The van der Waals surface area contributed by atoms with E-state index in [9.17, 15) is 0 Å². The van der Waals surface area contributed by atoms with Crippen molar-refractivity contribution in [1.29, 1.82) is 0 Å². The Kier molecular flexibility index (Phi) is 2.33. The molecule has 17 heavy (non-hydrogen) atoms. The quantitative estimate of drug-likeness (QED) is 0.874. The average molecular weight is 250 g/mol. The number of guanidine groups is 1. The third-order valence-electron chi connectivity index (χ3n) is 3.69. The highest BCUT2D eigenvalue weighted by Gasteiger charge is 2.46. The van der Waals surface area contributed by atoms with Crippen molar-refractivity contribution in [2.45, 2.75) is 31.3 Å². The highest BCUT2D eigenvalue weighted by Crippen LogP contribution is 2.41. The van der Waals surface area contributed by atoms with Crippen LogP contribution in [-0.4, -0.2) is 23.4 Å². The topological polar surface area (TPSA) is 41.6 Å². The highest BCUT2D eigenvalue weighted by molar-refractivity contribution is 6.30. The van der Waals surface area contributed by atoms with Crippen LogP contribution in [0.3, 0.4) is 0 Å². The molecule has 1 aliphatic carbocycles. The van der Waals surface area contributed by atoms with E-state index in [0.717, 1.165) is 11.6 Å². The van der Waals surface area contributed by atoms with Crippen LogP contribution in [0.5, 0.6) is 0 Å². The fourth-order valence-corrected chi connectivity index (χ4v) is 2.81. The Balaban J connectivity index is 2.00. The SMILES string of the molecule is CC1(c2cccc(Cl)c2)CN=C(N)N1C1CC1. The van der Waals surface area contributed by atoms with E-state index in [-0.39, 0.29) is 5.54 Å². The zero-order valence-electron chi connectivity index (χ0n) is 9.86. The highest BCUT2D eigenvalue weighted by atomic mass is 35.5. The van der Waals surface area contributed by atoms with Crippen molar-refractivity contribution in [1.82, 2.24) is 4.90 Å². The number of nitrogens with two attached hydrogens (primary N) is 1. The van der Waals surface area contributed by atoms with Crippen LogP contribution in [-0.2, 0) is 5.54 Å². The van der Waals surface area contributed by atoms with Gasteiger partial charge in [0.25, 0.3) is 0 Å². The molecule has 0 amide bonds. The lowest BCUT2D eigenvalue weighted by atomic mass is 9.91. The second-order valence-corrected chi connectivity index (χ2v) is 5.50. The maximum atomic E-state index is 6.08. The van der Waals surface area contributed by atoms with E-state index in [1.54, 1.807) is 0 Å². The van der Waals surface area contributed by atoms with E-state index in [1.807, 2.05) is 18.2 Å². The molecule has 3 rings (SSSR count). The van der Waals surface area contributed by atoms with Crippen LogP contribution >= 0.6 is 11.6 Å². The van der Waals surface area contributed by atoms with Gasteiger partial charge in [-0.05, 0) is 37.5 Å². The summed E-state index contributed by atoms with van der Waals surface area (Å²) in [6.45, 7) is 2.91. The lowest BCUT2D eigenvalue weighted by Gasteiger charge is -2.37. The van der Waals surface area contributed by atoms with Crippen molar-refractivity contribution in [3.63, 3.8) is 0 Å². The molecular weight excluding hydrogens is 234 g/mol. The zero-order chi connectivity index (χ0) is 12.0. The van der Waals surface area contributed by atoms with Gasteiger partial charge in [0.05, 0.1) is 12.1 Å². The van der Waals surface area contributed by atoms with Crippen molar-refractivity contribution in [3.8, 4) is 0 Å². The van der Waals surface area contributed by atoms with Crippen LogP contribution in [0.15, 0.2) is 29.3 Å². The molecule has 1 saturated carbocycles. The minimum atomic E-state index is -0.129. The molecule has 1 aromatic carbocycles. The van der Waals surface area contributed by atoms with Gasteiger partial charge in [-0.1, -0.05) is 23.7 Å². The minimum absolute atomic E-state index is 0.129. The van der Waals surface area contributed by atoms with Gasteiger partial charge in [-0.25, -0.2) is 0 Å². The van der Waals surface area contributed by atoms with E-state index < -0.39 is 0 Å². The first-order chi connectivity index (χ1) is 8.11. The summed E-state index contributed by atoms with van der Waals surface area (Å²) in [5.74, 6) is 0.676. The molecule has 90 valence electrons. The molecule has 0 radical (unpaired) electrons. The Morgan fingerprint density at radius 1 is 1.47 bits per heavy atom. The van der Waals surface area contributed by atoms with Crippen LogP contribution in [0.4, 0.5) is 0 Å². The van der Waals surface area contributed by atoms with Crippen molar-refractivity contribution < 1.29 is 0 Å². The smallest absolute Gasteiger partial charge is 0.192 e. The van der Waals surface area contributed by atoms with Gasteiger partial charge in [-0.3, -0.25) is 4.99 Å². The molecule has 2 N–H and O–H groups in total. The Morgan fingerprint density at radius 3 is 2.88 bits per heavy atom. The van der Waals surface area contributed by atoms with Crippen molar-refractivity contribution in [2.75, 3.05) is 6.54 Å². The Morgan fingerprint density at radius 2 is 2.24 bits per heavy atom. The third-order valence-corrected chi connectivity index (χ3v) is 3.92. The Bertz CT molecular complexity index is 481. The van der Waals surface area contributed by atoms with Gasteiger partial charge in [0.2, 0.25) is 0 Å². The monoisotopic (exact) mass is 249 g/mol. The maximum Gasteiger partial charge on any atom is 0.192 e. The first-order valence-corrected chi connectivity index (χ1v) is 6.34. The van der Waals surface area contributed by atoms with E-state index in [0.29, 0.717) is 12.0 Å². The molecule has 1 heterocycles. The normalized spacial score (nSPS) is 28.4. The molecule has 3 nitrogen and oxygen atoms in total. The fourth-order valence-electron chi connectivity index (χ4n) is 2.62. The first kappa shape index (κ1) is 10.9. The van der Waals surface area contributed by atoms with Gasteiger partial charge in [0.1, 0.15) is 0 Å². The average Bonchev–Trinajstić information content (AvgIpc) is 3.07. The molecule has 0 bridgehead atoms. The minimum Gasteiger partial charge on any atom is -0.370 e. The number of halogens is 1. The Labute approximate surface area is 106 Å².